The van der Waals surface area contributed by atoms with Gasteiger partial charge in [0.1, 0.15) is 5.75 Å². The molecule has 116 valence electrons. The highest BCUT2D eigenvalue weighted by molar-refractivity contribution is 5.81. The molecule has 2 rings (SSSR count). The molecule has 0 spiro atoms. The van der Waals surface area contributed by atoms with E-state index in [9.17, 15) is 4.79 Å². The molecule has 0 aliphatic rings. The topological polar surface area (TPSA) is 51.2 Å². The van der Waals surface area contributed by atoms with Crippen LogP contribution in [0.4, 0.5) is 0 Å². The van der Waals surface area contributed by atoms with E-state index in [1.165, 1.54) is 0 Å². The van der Waals surface area contributed by atoms with E-state index in [2.05, 4.69) is 10.3 Å². The number of carbonyl (C=O) groups excluding carboxylic acids is 1. The normalized spacial score (nSPS) is 11.8. The largest absolute Gasteiger partial charge is 0.480 e. The summed E-state index contributed by atoms with van der Waals surface area (Å²) in [5.74, 6) is 0.672. The number of pyridine rings is 1. The monoisotopic (exact) mass is 298 g/mol. The van der Waals surface area contributed by atoms with Crippen molar-refractivity contribution in [3.8, 4) is 5.75 Å². The van der Waals surface area contributed by atoms with Crippen molar-refractivity contribution in [2.45, 2.75) is 39.8 Å². The molecular formula is C18H22N2O2. The van der Waals surface area contributed by atoms with Crippen LogP contribution in [0.2, 0.25) is 0 Å². The molecule has 4 nitrogen and oxygen atoms in total. The molecule has 0 aliphatic heterocycles. The first-order chi connectivity index (χ1) is 10.6. The number of aryl methyl sites for hydroxylation is 2. The van der Waals surface area contributed by atoms with Crippen molar-refractivity contribution in [3.63, 3.8) is 0 Å². The summed E-state index contributed by atoms with van der Waals surface area (Å²) in [4.78, 5) is 16.3. The molecule has 2 aromatic rings. The van der Waals surface area contributed by atoms with Gasteiger partial charge in [-0.1, -0.05) is 19.1 Å². The molecule has 1 N–H and O–H groups in total. The molecule has 22 heavy (non-hydrogen) atoms. The second-order valence-electron chi connectivity index (χ2n) is 5.36. The molecule has 1 heterocycles. The van der Waals surface area contributed by atoms with Crippen molar-refractivity contribution in [1.29, 1.82) is 0 Å². The summed E-state index contributed by atoms with van der Waals surface area (Å²) in [6.45, 7) is 6.42. The van der Waals surface area contributed by atoms with Gasteiger partial charge in [-0.15, -0.1) is 0 Å². The lowest BCUT2D eigenvalue weighted by Gasteiger charge is -2.19. The van der Waals surface area contributed by atoms with Crippen LogP contribution in [0.1, 0.15) is 30.0 Å². The molecule has 0 saturated heterocycles. The van der Waals surface area contributed by atoms with Crippen LogP contribution in [0.25, 0.3) is 0 Å². The maximum atomic E-state index is 12.3. The number of nitrogens with zero attached hydrogens (tertiary/aromatic N) is 1. The molecule has 1 aromatic heterocycles. The second kappa shape index (κ2) is 7.59. The van der Waals surface area contributed by atoms with E-state index >= 15 is 0 Å². The molecule has 0 saturated carbocycles. The van der Waals surface area contributed by atoms with Gasteiger partial charge in [-0.3, -0.25) is 9.78 Å². The van der Waals surface area contributed by atoms with Crippen LogP contribution in [0, 0.1) is 13.8 Å². The number of nitrogens with one attached hydrogen (secondary N) is 1. The van der Waals surface area contributed by atoms with E-state index in [1.807, 2.05) is 51.1 Å². The zero-order valence-electron chi connectivity index (χ0n) is 13.3. The number of hydrogen-bond donors (Lipinski definition) is 1. The zero-order chi connectivity index (χ0) is 15.9. The van der Waals surface area contributed by atoms with E-state index in [1.54, 1.807) is 12.4 Å². The van der Waals surface area contributed by atoms with Crippen LogP contribution in [0.3, 0.4) is 0 Å². The molecule has 1 amide bonds. The molecule has 0 bridgehead atoms. The minimum atomic E-state index is -0.484. The average molecular weight is 298 g/mol. The summed E-state index contributed by atoms with van der Waals surface area (Å²) in [5.41, 5.74) is 3.17. The van der Waals surface area contributed by atoms with Crippen LogP contribution in [-0.2, 0) is 11.3 Å². The van der Waals surface area contributed by atoms with Gasteiger partial charge in [-0.2, -0.15) is 0 Å². The number of benzene rings is 1. The maximum Gasteiger partial charge on any atom is 0.261 e. The number of ether oxygens (including phenoxy) is 1. The van der Waals surface area contributed by atoms with Crippen LogP contribution in [0.5, 0.6) is 5.75 Å². The van der Waals surface area contributed by atoms with Crippen molar-refractivity contribution in [2.75, 3.05) is 0 Å². The summed E-state index contributed by atoms with van der Waals surface area (Å²) in [6, 6.07) is 9.77. The third kappa shape index (κ3) is 4.32. The SMILES string of the molecule is CC[C@H](Oc1cc(C)ccc1C)C(=O)NCc1ccncc1. The summed E-state index contributed by atoms with van der Waals surface area (Å²) < 4.78 is 5.90. The van der Waals surface area contributed by atoms with Crippen molar-refractivity contribution in [3.05, 3.63) is 59.4 Å². The quantitative estimate of drug-likeness (QED) is 0.891. The fraction of sp³-hybridized carbons (Fsp3) is 0.333. The Bertz CT molecular complexity index is 626. The first-order valence-electron chi connectivity index (χ1n) is 7.50. The van der Waals surface area contributed by atoms with Crippen LogP contribution >= 0.6 is 0 Å². The fourth-order valence-electron chi connectivity index (χ4n) is 2.11. The number of hydrogen-bond acceptors (Lipinski definition) is 3. The van der Waals surface area contributed by atoms with Crippen molar-refractivity contribution in [1.82, 2.24) is 10.3 Å². The van der Waals surface area contributed by atoms with E-state index in [4.69, 9.17) is 4.74 Å². The second-order valence-corrected chi connectivity index (χ2v) is 5.36. The van der Waals surface area contributed by atoms with Crippen molar-refractivity contribution >= 4 is 5.91 Å². The lowest BCUT2D eigenvalue weighted by Crippen LogP contribution is -2.37. The molecule has 0 fully saturated rings. The van der Waals surface area contributed by atoms with Gasteiger partial charge in [0, 0.05) is 18.9 Å². The van der Waals surface area contributed by atoms with E-state index in [0.717, 1.165) is 22.4 Å². The first-order valence-corrected chi connectivity index (χ1v) is 7.50. The van der Waals surface area contributed by atoms with Crippen molar-refractivity contribution in [2.24, 2.45) is 0 Å². The number of amides is 1. The Morgan fingerprint density at radius 2 is 1.95 bits per heavy atom. The first kappa shape index (κ1) is 16.0. The molecule has 1 atom stereocenters. The van der Waals surface area contributed by atoms with Gasteiger partial charge >= 0.3 is 0 Å². The van der Waals surface area contributed by atoms with Gasteiger partial charge in [0.25, 0.3) is 5.91 Å². The van der Waals surface area contributed by atoms with E-state index in [0.29, 0.717) is 13.0 Å². The van der Waals surface area contributed by atoms with Gasteiger partial charge in [-0.25, -0.2) is 0 Å². The summed E-state index contributed by atoms with van der Waals surface area (Å²) in [7, 11) is 0. The molecule has 1 aromatic carbocycles. The Kier molecular flexibility index (Phi) is 5.53. The standard InChI is InChI=1S/C18H22N2O2/c1-4-16(22-17-11-13(2)5-6-14(17)3)18(21)20-12-15-7-9-19-10-8-15/h5-11,16H,4,12H2,1-3H3,(H,20,21)/t16-/m0/s1. The molecule has 0 radical (unpaired) electrons. The lowest BCUT2D eigenvalue weighted by atomic mass is 10.1. The third-order valence-electron chi connectivity index (χ3n) is 3.49. The number of carbonyl (C=O) groups is 1. The zero-order valence-corrected chi connectivity index (χ0v) is 13.3. The minimum absolute atomic E-state index is 0.0970. The lowest BCUT2D eigenvalue weighted by molar-refractivity contribution is -0.128. The van der Waals surface area contributed by atoms with Gasteiger partial charge in [0.15, 0.2) is 6.10 Å². The summed E-state index contributed by atoms with van der Waals surface area (Å²) in [5, 5.41) is 2.91. The third-order valence-corrected chi connectivity index (χ3v) is 3.49. The Morgan fingerprint density at radius 3 is 2.64 bits per heavy atom. The highest BCUT2D eigenvalue weighted by atomic mass is 16.5. The Labute approximate surface area is 131 Å². The van der Waals surface area contributed by atoms with Gasteiger partial charge in [0.2, 0.25) is 0 Å². The van der Waals surface area contributed by atoms with Crippen LogP contribution in [-0.4, -0.2) is 17.0 Å². The van der Waals surface area contributed by atoms with Gasteiger partial charge in [-0.05, 0) is 55.2 Å². The predicted octanol–water partition coefficient (Wildman–Crippen LogP) is 3.17. The highest BCUT2D eigenvalue weighted by Gasteiger charge is 2.18. The molecular weight excluding hydrogens is 276 g/mol. The minimum Gasteiger partial charge on any atom is -0.480 e. The van der Waals surface area contributed by atoms with Gasteiger partial charge in [0.05, 0.1) is 0 Å². The van der Waals surface area contributed by atoms with Gasteiger partial charge < -0.3 is 10.1 Å². The Balaban J connectivity index is 1.98. The average Bonchev–Trinajstić information content (AvgIpc) is 2.54. The van der Waals surface area contributed by atoms with E-state index < -0.39 is 6.10 Å². The van der Waals surface area contributed by atoms with Crippen LogP contribution < -0.4 is 10.1 Å². The molecule has 4 heteroatoms. The Hall–Kier alpha value is -2.36. The maximum absolute atomic E-state index is 12.3. The predicted molar refractivity (Wildman–Crippen MR) is 86.7 cm³/mol. The Morgan fingerprint density at radius 1 is 1.23 bits per heavy atom. The fourth-order valence-corrected chi connectivity index (χ4v) is 2.11. The van der Waals surface area contributed by atoms with E-state index in [-0.39, 0.29) is 5.91 Å². The summed E-state index contributed by atoms with van der Waals surface area (Å²) >= 11 is 0. The van der Waals surface area contributed by atoms with Crippen LogP contribution in [0.15, 0.2) is 42.7 Å². The number of rotatable bonds is 6. The highest BCUT2D eigenvalue weighted by Crippen LogP contribution is 2.21. The smallest absolute Gasteiger partial charge is 0.261 e. The van der Waals surface area contributed by atoms with Crippen molar-refractivity contribution < 1.29 is 9.53 Å². The summed E-state index contributed by atoms with van der Waals surface area (Å²) in [6.07, 6.45) is 3.56. The molecule has 0 aliphatic carbocycles. The molecule has 0 unspecified atom stereocenters. The number of aromatic nitrogens is 1.